The molecule has 1 fully saturated rings. The van der Waals surface area contributed by atoms with Crippen molar-refractivity contribution in [2.75, 3.05) is 7.11 Å². The second kappa shape index (κ2) is 6.49. The number of methoxy groups -OCH3 is 1. The maximum absolute atomic E-state index is 11.6. The Labute approximate surface area is 97.0 Å². The summed E-state index contributed by atoms with van der Waals surface area (Å²) in [6.45, 7) is 1.69. The third-order valence-electron chi connectivity index (χ3n) is 3.28. The normalized spacial score (nSPS) is 20.8. The van der Waals surface area contributed by atoms with Crippen molar-refractivity contribution in [3.05, 3.63) is 0 Å². The number of ether oxygens (including phenoxy) is 1. The number of carbonyl (C=O) groups excluding carboxylic acids is 1. The fraction of sp³-hybridized carbons (Fsp3) is 0.833. The SMILES string of the molecule is CO[C@@H](C)C(=O)N[C@H](C#N)C1CCCCC1. The second-order valence-electron chi connectivity index (χ2n) is 4.39. The molecule has 0 unspecified atom stereocenters. The molecule has 0 spiro atoms. The lowest BCUT2D eigenvalue weighted by Gasteiger charge is -2.27. The summed E-state index contributed by atoms with van der Waals surface area (Å²) >= 11 is 0. The van der Waals surface area contributed by atoms with E-state index in [4.69, 9.17) is 10.00 Å². The maximum Gasteiger partial charge on any atom is 0.249 e. The molecule has 1 N–H and O–H groups in total. The van der Waals surface area contributed by atoms with Crippen LogP contribution >= 0.6 is 0 Å². The Morgan fingerprint density at radius 1 is 1.44 bits per heavy atom. The molecule has 0 heterocycles. The topological polar surface area (TPSA) is 62.1 Å². The van der Waals surface area contributed by atoms with Crippen LogP contribution in [0, 0.1) is 17.2 Å². The first-order chi connectivity index (χ1) is 7.69. The van der Waals surface area contributed by atoms with E-state index in [2.05, 4.69) is 11.4 Å². The van der Waals surface area contributed by atoms with Gasteiger partial charge in [-0.3, -0.25) is 4.79 Å². The highest BCUT2D eigenvalue weighted by Gasteiger charge is 2.26. The van der Waals surface area contributed by atoms with E-state index in [1.807, 2.05) is 0 Å². The molecule has 0 aromatic rings. The van der Waals surface area contributed by atoms with Gasteiger partial charge in [0.2, 0.25) is 5.91 Å². The van der Waals surface area contributed by atoms with E-state index < -0.39 is 6.10 Å². The zero-order chi connectivity index (χ0) is 12.0. The first-order valence-corrected chi connectivity index (χ1v) is 5.91. The van der Waals surface area contributed by atoms with Crippen LogP contribution in [0.25, 0.3) is 0 Å². The molecule has 4 nitrogen and oxygen atoms in total. The number of rotatable bonds is 4. The molecule has 4 heteroatoms. The molecule has 1 aliphatic carbocycles. The van der Waals surface area contributed by atoms with Gasteiger partial charge in [-0.05, 0) is 25.7 Å². The summed E-state index contributed by atoms with van der Waals surface area (Å²) in [6.07, 6.45) is 5.17. The molecule has 90 valence electrons. The Balaban J connectivity index is 2.48. The van der Waals surface area contributed by atoms with Gasteiger partial charge in [-0.15, -0.1) is 0 Å². The minimum Gasteiger partial charge on any atom is -0.372 e. The summed E-state index contributed by atoms with van der Waals surface area (Å²) < 4.78 is 4.92. The molecule has 0 bridgehead atoms. The average molecular weight is 224 g/mol. The quantitative estimate of drug-likeness (QED) is 0.789. The Hall–Kier alpha value is -1.08. The molecule has 0 aromatic carbocycles. The molecule has 1 aliphatic rings. The van der Waals surface area contributed by atoms with E-state index in [1.165, 1.54) is 26.4 Å². The lowest BCUT2D eigenvalue weighted by Crippen LogP contribution is -2.44. The van der Waals surface area contributed by atoms with E-state index in [9.17, 15) is 4.79 Å². The average Bonchev–Trinajstić information content (AvgIpc) is 2.35. The number of amides is 1. The third-order valence-corrected chi connectivity index (χ3v) is 3.28. The first-order valence-electron chi connectivity index (χ1n) is 5.91. The van der Waals surface area contributed by atoms with Gasteiger partial charge in [-0.25, -0.2) is 0 Å². The molecule has 2 atom stereocenters. The number of hydrogen-bond acceptors (Lipinski definition) is 3. The number of nitriles is 1. The van der Waals surface area contributed by atoms with E-state index in [-0.39, 0.29) is 11.9 Å². The molecule has 1 amide bonds. The highest BCUT2D eigenvalue weighted by atomic mass is 16.5. The van der Waals surface area contributed by atoms with Crippen molar-refractivity contribution < 1.29 is 9.53 Å². The fourth-order valence-electron chi connectivity index (χ4n) is 2.10. The monoisotopic (exact) mass is 224 g/mol. The van der Waals surface area contributed by atoms with Gasteiger partial charge < -0.3 is 10.1 Å². The van der Waals surface area contributed by atoms with E-state index in [0.29, 0.717) is 5.92 Å². The molecule has 16 heavy (non-hydrogen) atoms. The lowest BCUT2D eigenvalue weighted by molar-refractivity contribution is -0.130. The van der Waals surface area contributed by atoms with Crippen molar-refractivity contribution in [2.24, 2.45) is 5.92 Å². The van der Waals surface area contributed by atoms with Gasteiger partial charge in [0.15, 0.2) is 0 Å². The van der Waals surface area contributed by atoms with Crippen LogP contribution in [0.5, 0.6) is 0 Å². The summed E-state index contributed by atoms with van der Waals surface area (Å²) in [4.78, 5) is 11.6. The molecule has 0 aliphatic heterocycles. The van der Waals surface area contributed by atoms with Gasteiger partial charge in [0.1, 0.15) is 12.1 Å². The zero-order valence-corrected chi connectivity index (χ0v) is 10.0. The van der Waals surface area contributed by atoms with Gasteiger partial charge >= 0.3 is 0 Å². The van der Waals surface area contributed by atoms with Crippen LogP contribution in [0.1, 0.15) is 39.0 Å². The van der Waals surface area contributed by atoms with Crippen LogP contribution in [0.4, 0.5) is 0 Å². The third kappa shape index (κ3) is 3.49. The number of nitrogens with one attached hydrogen (secondary N) is 1. The molecule has 1 rings (SSSR count). The Morgan fingerprint density at radius 3 is 2.56 bits per heavy atom. The van der Waals surface area contributed by atoms with Gasteiger partial charge in [0, 0.05) is 7.11 Å². The van der Waals surface area contributed by atoms with Crippen molar-refractivity contribution >= 4 is 5.91 Å². The van der Waals surface area contributed by atoms with E-state index >= 15 is 0 Å². The minimum absolute atomic E-state index is 0.195. The van der Waals surface area contributed by atoms with E-state index in [0.717, 1.165) is 12.8 Å². The Bertz CT molecular complexity index is 267. The van der Waals surface area contributed by atoms with Crippen LogP contribution in [-0.4, -0.2) is 25.2 Å². The smallest absolute Gasteiger partial charge is 0.249 e. The zero-order valence-electron chi connectivity index (χ0n) is 10.0. The van der Waals surface area contributed by atoms with Crippen LogP contribution < -0.4 is 5.32 Å². The lowest BCUT2D eigenvalue weighted by atomic mass is 9.84. The molecule has 0 radical (unpaired) electrons. The highest BCUT2D eigenvalue weighted by Crippen LogP contribution is 2.26. The maximum atomic E-state index is 11.6. The minimum atomic E-state index is -0.487. The number of carbonyl (C=O) groups is 1. The van der Waals surface area contributed by atoms with Crippen molar-refractivity contribution in [1.82, 2.24) is 5.32 Å². The molecular weight excluding hydrogens is 204 g/mol. The van der Waals surface area contributed by atoms with E-state index in [1.54, 1.807) is 6.92 Å². The summed E-state index contributed by atoms with van der Waals surface area (Å²) in [5, 5.41) is 11.8. The number of nitrogens with zero attached hydrogens (tertiary/aromatic N) is 1. The van der Waals surface area contributed by atoms with Crippen LogP contribution in [0.3, 0.4) is 0 Å². The van der Waals surface area contributed by atoms with Crippen LogP contribution in [-0.2, 0) is 9.53 Å². The number of hydrogen-bond donors (Lipinski definition) is 1. The predicted molar refractivity (Wildman–Crippen MR) is 60.6 cm³/mol. The van der Waals surface area contributed by atoms with Crippen LogP contribution in [0.15, 0.2) is 0 Å². The van der Waals surface area contributed by atoms with Gasteiger partial charge in [0.05, 0.1) is 6.07 Å². The van der Waals surface area contributed by atoms with Crippen LogP contribution in [0.2, 0.25) is 0 Å². The van der Waals surface area contributed by atoms with Crippen molar-refractivity contribution in [1.29, 1.82) is 5.26 Å². The van der Waals surface area contributed by atoms with Crippen molar-refractivity contribution in [2.45, 2.75) is 51.2 Å². The highest BCUT2D eigenvalue weighted by molar-refractivity contribution is 5.80. The summed E-state index contributed by atoms with van der Waals surface area (Å²) in [5.74, 6) is 0.117. The Kier molecular flexibility index (Phi) is 5.27. The molecule has 0 aromatic heterocycles. The molecular formula is C12H20N2O2. The van der Waals surface area contributed by atoms with Gasteiger partial charge in [0.25, 0.3) is 0 Å². The summed E-state index contributed by atoms with van der Waals surface area (Å²) in [5.41, 5.74) is 0. The summed E-state index contributed by atoms with van der Waals surface area (Å²) in [7, 11) is 1.49. The van der Waals surface area contributed by atoms with Crippen molar-refractivity contribution in [3.8, 4) is 6.07 Å². The van der Waals surface area contributed by atoms with Gasteiger partial charge in [-0.1, -0.05) is 19.3 Å². The van der Waals surface area contributed by atoms with Gasteiger partial charge in [-0.2, -0.15) is 5.26 Å². The van der Waals surface area contributed by atoms with Crippen molar-refractivity contribution in [3.63, 3.8) is 0 Å². The standard InChI is InChI=1S/C12H20N2O2/c1-9(16-2)12(15)14-11(8-13)10-6-4-3-5-7-10/h9-11H,3-7H2,1-2H3,(H,14,15)/t9-,11+/m0/s1. The first kappa shape index (κ1) is 13.0. The molecule has 0 saturated heterocycles. The largest absolute Gasteiger partial charge is 0.372 e. The fourth-order valence-corrected chi connectivity index (χ4v) is 2.10. The Morgan fingerprint density at radius 2 is 2.06 bits per heavy atom. The predicted octanol–water partition coefficient (Wildman–Crippen LogP) is 1.61. The summed E-state index contributed by atoms with van der Waals surface area (Å²) in [6, 6.07) is 1.84. The molecule has 1 saturated carbocycles. The second-order valence-corrected chi connectivity index (χ2v) is 4.39.